The standard InChI is InChI=1S/C21H14Cl4N2/c22-14-7-5-13(6-8-14)21-12-20(16-3-1-2-4-17(16)23)26-27(21)15-9-10-18(24)19(25)11-15/h1-11,21H,12H2/t21-/m0/s1. The van der Waals surface area contributed by atoms with Crippen LogP contribution in [0.3, 0.4) is 0 Å². The topological polar surface area (TPSA) is 15.6 Å². The molecule has 0 aromatic heterocycles. The minimum atomic E-state index is 0.00535. The summed E-state index contributed by atoms with van der Waals surface area (Å²) in [6.07, 6.45) is 0.714. The van der Waals surface area contributed by atoms with Gasteiger partial charge < -0.3 is 0 Å². The molecule has 4 rings (SSSR count). The summed E-state index contributed by atoms with van der Waals surface area (Å²) in [4.78, 5) is 0. The molecule has 3 aromatic rings. The van der Waals surface area contributed by atoms with Gasteiger partial charge in [0, 0.05) is 22.0 Å². The first kappa shape index (κ1) is 18.6. The van der Waals surface area contributed by atoms with Gasteiger partial charge in [-0.15, -0.1) is 0 Å². The van der Waals surface area contributed by atoms with Crippen LogP contribution in [0.2, 0.25) is 20.1 Å². The van der Waals surface area contributed by atoms with Gasteiger partial charge in [0.2, 0.25) is 0 Å². The molecule has 0 amide bonds. The molecule has 0 fully saturated rings. The zero-order valence-corrected chi connectivity index (χ0v) is 17.1. The number of hydrazone groups is 1. The summed E-state index contributed by atoms with van der Waals surface area (Å²) in [5.74, 6) is 0. The van der Waals surface area contributed by atoms with Gasteiger partial charge in [-0.1, -0.05) is 76.7 Å². The highest BCUT2D eigenvalue weighted by molar-refractivity contribution is 6.42. The van der Waals surface area contributed by atoms with Crippen LogP contribution < -0.4 is 5.01 Å². The van der Waals surface area contributed by atoms with E-state index >= 15 is 0 Å². The normalized spacial score (nSPS) is 16.5. The van der Waals surface area contributed by atoms with Crippen molar-refractivity contribution in [1.29, 1.82) is 0 Å². The molecule has 0 radical (unpaired) electrons. The van der Waals surface area contributed by atoms with Crippen LogP contribution in [0.15, 0.2) is 71.8 Å². The third-order valence-electron chi connectivity index (χ3n) is 4.52. The fourth-order valence-corrected chi connectivity index (χ4v) is 3.84. The summed E-state index contributed by atoms with van der Waals surface area (Å²) in [7, 11) is 0. The van der Waals surface area contributed by atoms with Crippen molar-refractivity contribution in [3.63, 3.8) is 0 Å². The summed E-state index contributed by atoms with van der Waals surface area (Å²) < 4.78 is 0. The molecule has 6 heteroatoms. The van der Waals surface area contributed by atoms with E-state index in [-0.39, 0.29) is 6.04 Å². The van der Waals surface area contributed by atoms with E-state index in [0.717, 1.165) is 22.5 Å². The Labute approximate surface area is 177 Å². The van der Waals surface area contributed by atoms with Crippen LogP contribution in [0.1, 0.15) is 23.6 Å². The molecule has 0 unspecified atom stereocenters. The summed E-state index contributed by atoms with van der Waals surface area (Å²) in [6.45, 7) is 0. The van der Waals surface area contributed by atoms with Gasteiger partial charge in [-0.25, -0.2) is 0 Å². The molecule has 0 aliphatic carbocycles. The smallest absolute Gasteiger partial charge is 0.0831 e. The third kappa shape index (κ3) is 3.81. The summed E-state index contributed by atoms with van der Waals surface area (Å²) in [6, 6.07) is 21.1. The molecule has 0 bridgehead atoms. The molecule has 136 valence electrons. The van der Waals surface area contributed by atoms with Crippen molar-refractivity contribution in [2.45, 2.75) is 12.5 Å². The van der Waals surface area contributed by atoms with Crippen LogP contribution in [0.5, 0.6) is 0 Å². The highest BCUT2D eigenvalue weighted by atomic mass is 35.5. The molecule has 27 heavy (non-hydrogen) atoms. The molecule has 1 aliphatic rings. The van der Waals surface area contributed by atoms with Gasteiger partial charge in [-0.2, -0.15) is 5.10 Å². The maximum Gasteiger partial charge on any atom is 0.0831 e. The van der Waals surface area contributed by atoms with E-state index in [9.17, 15) is 0 Å². The average Bonchev–Trinajstić information content (AvgIpc) is 3.10. The molecule has 0 saturated heterocycles. The largest absolute Gasteiger partial charge is 0.257 e. The molecule has 2 nitrogen and oxygen atoms in total. The Balaban J connectivity index is 1.79. The molecular formula is C21H14Cl4N2. The predicted molar refractivity (Wildman–Crippen MR) is 116 cm³/mol. The first-order valence-corrected chi connectivity index (χ1v) is 9.86. The number of halogens is 4. The number of anilines is 1. The van der Waals surface area contributed by atoms with Crippen LogP contribution in [-0.2, 0) is 0 Å². The molecular weight excluding hydrogens is 422 g/mol. The van der Waals surface area contributed by atoms with Crippen molar-refractivity contribution in [3.05, 3.63) is 97.9 Å². The molecule has 3 aromatic carbocycles. The fourth-order valence-electron chi connectivity index (χ4n) is 3.18. The Bertz CT molecular complexity index is 1010. The lowest BCUT2D eigenvalue weighted by atomic mass is 9.98. The highest BCUT2D eigenvalue weighted by Crippen LogP contribution is 2.39. The number of rotatable bonds is 3. The Morgan fingerprint density at radius 3 is 2.22 bits per heavy atom. The highest BCUT2D eigenvalue weighted by Gasteiger charge is 2.30. The SMILES string of the molecule is Clc1ccc([C@@H]2CC(c3ccccc3Cl)=NN2c2ccc(Cl)c(Cl)c2)cc1. The molecule has 1 aliphatic heterocycles. The van der Waals surface area contributed by atoms with Gasteiger partial charge >= 0.3 is 0 Å². The van der Waals surface area contributed by atoms with Gasteiger partial charge in [0.25, 0.3) is 0 Å². The van der Waals surface area contributed by atoms with Gasteiger partial charge in [0.1, 0.15) is 0 Å². The molecule has 0 N–H and O–H groups in total. The predicted octanol–water partition coefficient (Wildman–Crippen LogP) is 7.66. The average molecular weight is 436 g/mol. The van der Waals surface area contributed by atoms with Gasteiger partial charge in [-0.3, -0.25) is 5.01 Å². The molecule has 0 spiro atoms. The van der Waals surface area contributed by atoms with Gasteiger partial charge in [0.15, 0.2) is 0 Å². The maximum absolute atomic E-state index is 6.40. The lowest BCUT2D eigenvalue weighted by Crippen LogP contribution is -2.18. The zero-order valence-electron chi connectivity index (χ0n) is 14.0. The monoisotopic (exact) mass is 434 g/mol. The van der Waals surface area contributed by atoms with Crippen molar-refractivity contribution in [3.8, 4) is 0 Å². The van der Waals surface area contributed by atoms with Crippen LogP contribution in [0.25, 0.3) is 0 Å². The second kappa shape index (κ2) is 7.73. The first-order valence-electron chi connectivity index (χ1n) is 8.35. The summed E-state index contributed by atoms with van der Waals surface area (Å²) in [5.41, 5.74) is 3.83. The lowest BCUT2D eigenvalue weighted by molar-refractivity contribution is 0.709. The van der Waals surface area contributed by atoms with E-state index in [1.165, 1.54) is 0 Å². The van der Waals surface area contributed by atoms with E-state index in [1.807, 2.05) is 65.7 Å². The van der Waals surface area contributed by atoms with Crippen LogP contribution in [-0.4, -0.2) is 5.71 Å². The Hall–Kier alpha value is -1.71. The van der Waals surface area contributed by atoms with Gasteiger partial charge in [-0.05, 0) is 42.0 Å². The second-order valence-electron chi connectivity index (χ2n) is 6.24. The van der Waals surface area contributed by atoms with Crippen molar-refractivity contribution in [2.75, 3.05) is 5.01 Å². The van der Waals surface area contributed by atoms with E-state index < -0.39 is 0 Å². The van der Waals surface area contributed by atoms with Gasteiger partial charge in [0.05, 0.1) is 27.5 Å². The minimum Gasteiger partial charge on any atom is -0.257 e. The molecule has 1 atom stereocenters. The summed E-state index contributed by atoms with van der Waals surface area (Å²) >= 11 is 24.8. The lowest BCUT2D eigenvalue weighted by Gasteiger charge is -2.24. The van der Waals surface area contributed by atoms with Crippen LogP contribution >= 0.6 is 46.4 Å². The minimum absolute atomic E-state index is 0.00535. The molecule has 1 heterocycles. The van der Waals surface area contributed by atoms with Crippen molar-refractivity contribution >= 4 is 57.8 Å². The van der Waals surface area contributed by atoms with E-state index in [1.54, 1.807) is 6.07 Å². The van der Waals surface area contributed by atoms with Crippen LogP contribution in [0, 0.1) is 0 Å². The number of hydrogen-bond acceptors (Lipinski definition) is 2. The number of benzene rings is 3. The van der Waals surface area contributed by atoms with Crippen LogP contribution in [0.4, 0.5) is 5.69 Å². The third-order valence-corrected chi connectivity index (χ3v) is 5.84. The number of nitrogens with zero attached hydrogens (tertiary/aromatic N) is 2. The Morgan fingerprint density at radius 2 is 1.52 bits per heavy atom. The van der Waals surface area contributed by atoms with Crippen molar-refractivity contribution < 1.29 is 0 Å². The second-order valence-corrected chi connectivity index (χ2v) is 7.90. The first-order chi connectivity index (χ1) is 13.0. The van der Waals surface area contributed by atoms with E-state index in [4.69, 9.17) is 51.5 Å². The quantitative estimate of drug-likeness (QED) is 0.412. The molecule has 0 saturated carbocycles. The zero-order chi connectivity index (χ0) is 19.0. The fraction of sp³-hybridized carbons (Fsp3) is 0.0952. The van der Waals surface area contributed by atoms with E-state index in [0.29, 0.717) is 26.5 Å². The van der Waals surface area contributed by atoms with Crippen molar-refractivity contribution in [2.24, 2.45) is 5.10 Å². The van der Waals surface area contributed by atoms with E-state index in [2.05, 4.69) is 0 Å². The number of hydrogen-bond donors (Lipinski definition) is 0. The maximum atomic E-state index is 6.40. The Morgan fingerprint density at radius 1 is 0.778 bits per heavy atom. The van der Waals surface area contributed by atoms with Crippen molar-refractivity contribution in [1.82, 2.24) is 0 Å². The Kier molecular flexibility index (Phi) is 5.34. The summed E-state index contributed by atoms with van der Waals surface area (Å²) in [5, 5.41) is 9.22.